The van der Waals surface area contributed by atoms with Crippen LogP contribution in [-0.4, -0.2) is 23.9 Å². The van der Waals surface area contributed by atoms with Crippen LogP contribution in [0.3, 0.4) is 0 Å². The molecule has 23 heavy (non-hydrogen) atoms. The first-order valence-corrected chi connectivity index (χ1v) is 8.14. The van der Waals surface area contributed by atoms with E-state index in [0.29, 0.717) is 11.8 Å². The highest BCUT2D eigenvalue weighted by Gasteiger charge is 2.21. The molecule has 2 rings (SSSR count). The van der Waals surface area contributed by atoms with Gasteiger partial charge in [0.05, 0.1) is 0 Å². The minimum atomic E-state index is -0.341. The minimum absolute atomic E-state index is 0.159. The highest BCUT2D eigenvalue weighted by molar-refractivity contribution is 6.06. The van der Waals surface area contributed by atoms with Crippen LogP contribution < -0.4 is 5.32 Å². The van der Waals surface area contributed by atoms with Gasteiger partial charge >= 0.3 is 0 Å². The Hall–Kier alpha value is -2.28. The highest BCUT2D eigenvalue weighted by atomic mass is 16.1. The lowest BCUT2D eigenvalue weighted by molar-refractivity contribution is -0.112. The van der Waals surface area contributed by atoms with E-state index < -0.39 is 0 Å². The fourth-order valence-corrected chi connectivity index (χ4v) is 3.21. The Morgan fingerprint density at radius 3 is 2.57 bits per heavy atom. The molecular weight excluding hydrogens is 286 g/mol. The van der Waals surface area contributed by atoms with Crippen LogP contribution >= 0.6 is 0 Å². The molecule has 0 bridgehead atoms. The van der Waals surface area contributed by atoms with Gasteiger partial charge in [-0.3, -0.25) is 4.79 Å². The summed E-state index contributed by atoms with van der Waals surface area (Å²) in [5, 5.41) is 12.2. The van der Waals surface area contributed by atoms with Crippen LogP contribution in [0, 0.1) is 37.0 Å². The van der Waals surface area contributed by atoms with Crippen molar-refractivity contribution in [2.75, 3.05) is 18.4 Å². The summed E-state index contributed by atoms with van der Waals surface area (Å²) in [5.41, 5.74) is 3.06. The summed E-state index contributed by atoms with van der Waals surface area (Å²) in [6, 6.07) is 7.81. The molecule has 1 N–H and O–H groups in total. The lowest BCUT2D eigenvalue weighted by atomic mass is 9.92. The number of nitrogens with one attached hydrogen (secondary N) is 1. The Labute approximate surface area is 138 Å². The van der Waals surface area contributed by atoms with Crippen LogP contribution in [0.5, 0.6) is 0 Å². The molecule has 0 aromatic heterocycles. The molecule has 1 aliphatic rings. The number of amides is 1. The summed E-state index contributed by atoms with van der Waals surface area (Å²) in [7, 11) is 0. The number of carbonyl (C=O) groups is 1. The van der Waals surface area contributed by atoms with Crippen molar-refractivity contribution in [3.8, 4) is 6.07 Å². The van der Waals surface area contributed by atoms with E-state index in [0.717, 1.165) is 29.9 Å². The molecule has 0 saturated carbocycles. The van der Waals surface area contributed by atoms with Crippen LogP contribution in [0.15, 0.2) is 30.0 Å². The zero-order valence-electron chi connectivity index (χ0n) is 14.4. The van der Waals surface area contributed by atoms with E-state index in [1.165, 1.54) is 6.42 Å². The van der Waals surface area contributed by atoms with Crippen molar-refractivity contribution in [2.45, 2.75) is 34.1 Å². The van der Waals surface area contributed by atoms with Gasteiger partial charge in [-0.25, -0.2) is 0 Å². The summed E-state index contributed by atoms with van der Waals surface area (Å²) in [5.74, 6) is 0.820. The van der Waals surface area contributed by atoms with Gasteiger partial charge in [-0.2, -0.15) is 5.26 Å². The number of anilines is 1. The van der Waals surface area contributed by atoms with Gasteiger partial charge < -0.3 is 10.2 Å². The molecule has 1 aromatic rings. The molecule has 122 valence electrons. The van der Waals surface area contributed by atoms with Crippen LogP contribution in [-0.2, 0) is 4.79 Å². The Kier molecular flexibility index (Phi) is 5.44. The molecule has 4 nitrogen and oxygen atoms in total. The van der Waals surface area contributed by atoms with Crippen molar-refractivity contribution in [1.29, 1.82) is 5.26 Å². The van der Waals surface area contributed by atoms with E-state index in [-0.39, 0.29) is 11.5 Å². The van der Waals surface area contributed by atoms with Gasteiger partial charge in [-0.05, 0) is 49.3 Å². The molecule has 0 aliphatic carbocycles. The number of rotatable bonds is 3. The van der Waals surface area contributed by atoms with Gasteiger partial charge in [0, 0.05) is 25.0 Å². The number of nitrogens with zero attached hydrogens (tertiary/aromatic N) is 2. The van der Waals surface area contributed by atoms with Crippen molar-refractivity contribution in [3.63, 3.8) is 0 Å². The van der Waals surface area contributed by atoms with Gasteiger partial charge in [0.2, 0.25) is 0 Å². The third-order valence-corrected chi connectivity index (χ3v) is 4.43. The van der Waals surface area contributed by atoms with Gasteiger partial charge in [0.1, 0.15) is 11.6 Å². The molecule has 0 spiro atoms. The molecule has 1 aliphatic heterocycles. The number of likely N-dealkylation sites (tertiary alicyclic amines) is 1. The highest BCUT2D eigenvalue weighted by Crippen LogP contribution is 2.22. The second-order valence-corrected chi connectivity index (χ2v) is 6.76. The third-order valence-electron chi connectivity index (χ3n) is 4.43. The Morgan fingerprint density at radius 1 is 1.30 bits per heavy atom. The fraction of sp³-hybridized carbons (Fsp3) is 0.474. The average Bonchev–Trinajstić information content (AvgIpc) is 2.48. The molecule has 4 heteroatoms. The molecule has 1 amide bonds. The summed E-state index contributed by atoms with van der Waals surface area (Å²) in [6.45, 7) is 10.2. The number of hydrogen-bond donors (Lipinski definition) is 1. The summed E-state index contributed by atoms with van der Waals surface area (Å²) >= 11 is 0. The SMILES string of the molecule is Cc1cccc(NC(=O)/C(C#N)=C\N2CC(C)CC(C)C2)c1C. The maximum atomic E-state index is 12.4. The van der Waals surface area contributed by atoms with E-state index in [9.17, 15) is 10.1 Å². The predicted molar refractivity (Wildman–Crippen MR) is 92.8 cm³/mol. The van der Waals surface area contributed by atoms with Crippen LogP contribution in [0.1, 0.15) is 31.4 Å². The largest absolute Gasteiger partial charge is 0.376 e. The Bertz CT molecular complexity index is 647. The van der Waals surface area contributed by atoms with E-state index >= 15 is 0 Å². The van der Waals surface area contributed by atoms with E-state index in [1.807, 2.05) is 38.1 Å². The number of carbonyl (C=O) groups excluding carboxylic acids is 1. The Morgan fingerprint density at radius 2 is 1.96 bits per heavy atom. The molecule has 1 fully saturated rings. The van der Waals surface area contributed by atoms with E-state index in [4.69, 9.17) is 0 Å². The lowest BCUT2D eigenvalue weighted by Crippen LogP contribution is -2.35. The molecule has 1 saturated heterocycles. The second kappa shape index (κ2) is 7.32. The maximum Gasteiger partial charge on any atom is 0.267 e. The third kappa shape index (κ3) is 4.35. The lowest BCUT2D eigenvalue weighted by Gasteiger charge is -2.34. The first-order valence-electron chi connectivity index (χ1n) is 8.14. The molecule has 2 unspecified atom stereocenters. The summed E-state index contributed by atoms with van der Waals surface area (Å²) in [6.07, 6.45) is 2.91. The number of aryl methyl sites for hydroxylation is 1. The van der Waals surface area contributed by atoms with Crippen LogP contribution in [0.25, 0.3) is 0 Å². The van der Waals surface area contributed by atoms with Crippen molar-refractivity contribution in [3.05, 3.63) is 41.1 Å². The molecular formula is C19H25N3O. The molecule has 1 aromatic carbocycles. The molecule has 2 atom stereocenters. The molecule has 1 heterocycles. The number of hydrogen-bond acceptors (Lipinski definition) is 3. The standard InChI is InChI=1S/C19H25N3O/c1-13-8-14(2)11-22(10-13)12-17(9-20)19(23)21-18-7-5-6-15(3)16(18)4/h5-7,12-14H,8,10-11H2,1-4H3,(H,21,23)/b17-12-. The molecule has 0 radical (unpaired) electrons. The van der Waals surface area contributed by atoms with Crippen molar-refractivity contribution in [1.82, 2.24) is 4.90 Å². The average molecular weight is 311 g/mol. The first-order chi connectivity index (χ1) is 10.9. The monoisotopic (exact) mass is 311 g/mol. The minimum Gasteiger partial charge on any atom is -0.376 e. The number of piperidine rings is 1. The second-order valence-electron chi connectivity index (χ2n) is 6.76. The summed E-state index contributed by atoms with van der Waals surface area (Å²) < 4.78 is 0. The van der Waals surface area contributed by atoms with Gasteiger partial charge in [0.15, 0.2) is 0 Å². The summed E-state index contributed by atoms with van der Waals surface area (Å²) in [4.78, 5) is 14.5. The van der Waals surface area contributed by atoms with Gasteiger partial charge in [-0.1, -0.05) is 26.0 Å². The topological polar surface area (TPSA) is 56.1 Å². The predicted octanol–water partition coefficient (Wildman–Crippen LogP) is 3.63. The Balaban J connectivity index is 2.14. The normalized spacial score (nSPS) is 21.7. The van der Waals surface area contributed by atoms with Gasteiger partial charge in [0.25, 0.3) is 5.91 Å². The first kappa shape index (κ1) is 17.1. The maximum absolute atomic E-state index is 12.4. The van der Waals surface area contributed by atoms with Crippen LogP contribution in [0.2, 0.25) is 0 Å². The number of nitriles is 1. The van der Waals surface area contributed by atoms with Gasteiger partial charge in [-0.15, -0.1) is 0 Å². The van der Waals surface area contributed by atoms with Crippen LogP contribution in [0.4, 0.5) is 5.69 Å². The smallest absolute Gasteiger partial charge is 0.267 e. The van der Waals surface area contributed by atoms with Crippen molar-refractivity contribution in [2.24, 2.45) is 11.8 Å². The zero-order valence-corrected chi connectivity index (χ0v) is 14.4. The van der Waals surface area contributed by atoms with E-state index in [1.54, 1.807) is 6.20 Å². The number of benzene rings is 1. The quantitative estimate of drug-likeness (QED) is 0.685. The zero-order chi connectivity index (χ0) is 17.0. The van der Waals surface area contributed by atoms with Crippen molar-refractivity contribution >= 4 is 11.6 Å². The van der Waals surface area contributed by atoms with Crippen molar-refractivity contribution < 1.29 is 4.79 Å². The fourth-order valence-electron chi connectivity index (χ4n) is 3.21. The van der Waals surface area contributed by atoms with E-state index in [2.05, 4.69) is 24.1 Å².